The van der Waals surface area contributed by atoms with Gasteiger partial charge in [-0.1, -0.05) is 19.8 Å². The third kappa shape index (κ3) is 6.08. The largest absolute Gasteiger partial charge is 0.493 e. The fraction of sp³-hybridized carbons (Fsp3) is 0.300. The lowest BCUT2D eigenvalue weighted by Gasteiger charge is -2.11. The number of nitro benzene ring substituents is 1. The van der Waals surface area contributed by atoms with Gasteiger partial charge in [-0.3, -0.25) is 14.9 Å². The second kappa shape index (κ2) is 10.7. The molecule has 0 fully saturated rings. The summed E-state index contributed by atoms with van der Waals surface area (Å²) in [4.78, 5) is 22.1. The van der Waals surface area contributed by atoms with Crippen LogP contribution in [0, 0.1) is 10.1 Å². The maximum atomic E-state index is 12.0. The van der Waals surface area contributed by atoms with Gasteiger partial charge in [0.15, 0.2) is 11.5 Å². The molecule has 0 heterocycles. The van der Waals surface area contributed by atoms with Gasteiger partial charge in [-0.2, -0.15) is 5.10 Å². The molecule has 0 saturated carbocycles. The van der Waals surface area contributed by atoms with Gasteiger partial charge in [0.1, 0.15) is 0 Å². The molecule has 148 valence electrons. The van der Waals surface area contributed by atoms with Crippen molar-refractivity contribution in [3.8, 4) is 11.5 Å². The van der Waals surface area contributed by atoms with Crippen LogP contribution < -0.4 is 14.9 Å². The van der Waals surface area contributed by atoms with E-state index >= 15 is 0 Å². The number of nitrogens with one attached hydrogen (secondary N) is 1. The van der Waals surface area contributed by atoms with E-state index in [0.29, 0.717) is 18.1 Å². The summed E-state index contributed by atoms with van der Waals surface area (Å²) in [5, 5.41) is 14.5. The highest BCUT2D eigenvalue weighted by atomic mass is 16.6. The molecule has 2 rings (SSSR count). The van der Waals surface area contributed by atoms with Crippen LogP contribution >= 0.6 is 0 Å². The molecule has 28 heavy (non-hydrogen) atoms. The molecule has 0 saturated heterocycles. The van der Waals surface area contributed by atoms with Gasteiger partial charge in [0, 0.05) is 17.7 Å². The van der Waals surface area contributed by atoms with Crippen LogP contribution in [0.1, 0.15) is 42.1 Å². The van der Waals surface area contributed by atoms with Gasteiger partial charge in [0.05, 0.1) is 24.9 Å². The van der Waals surface area contributed by atoms with Crippen LogP contribution in [0.2, 0.25) is 0 Å². The van der Waals surface area contributed by atoms with Crippen LogP contribution in [0.5, 0.6) is 11.5 Å². The first-order chi connectivity index (χ1) is 13.5. The molecular formula is C20H23N3O5. The number of methoxy groups -OCH3 is 1. The molecule has 2 aromatic carbocycles. The Balaban J connectivity index is 1.95. The molecule has 0 atom stereocenters. The lowest BCUT2D eigenvalue weighted by atomic mass is 10.2. The maximum Gasteiger partial charge on any atom is 0.271 e. The number of unbranched alkanes of at least 4 members (excludes halogenated alkanes) is 2. The third-order valence-electron chi connectivity index (χ3n) is 3.91. The number of hydrazone groups is 1. The number of hydrogen-bond donors (Lipinski definition) is 1. The van der Waals surface area contributed by atoms with E-state index in [1.54, 1.807) is 25.3 Å². The van der Waals surface area contributed by atoms with Gasteiger partial charge in [0.25, 0.3) is 11.6 Å². The van der Waals surface area contributed by atoms with Gasteiger partial charge in [-0.05, 0) is 42.3 Å². The summed E-state index contributed by atoms with van der Waals surface area (Å²) in [6.07, 6.45) is 4.70. The zero-order valence-corrected chi connectivity index (χ0v) is 15.9. The van der Waals surface area contributed by atoms with E-state index in [2.05, 4.69) is 17.5 Å². The zero-order chi connectivity index (χ0) is 20.4. The number of benzene rings is 2. The number of hydrogen-bond acceptors (Lipinski definition) is 6. The molecule has 0 aliphatic carbocycles. The van der Waals surface area contributed by atoms with Gasteiger partial charge in [-0.25, -0.2) is 5.43 Å². The highest BCUT2D eigenvalue weighted by molar-refractivity contribution is 5.95. The Morgan fingerprint density at radius 3 is 2.57 bits per heavy atom. The summed E-state index contributed by atoms with van der Waals surface area (Å²) >= 11 is 0. The number of rotatable bonds is 10. The molecule has 8 nitrogen and oxygen atoms in total. The SMILES string of the molecule is CCCCCOc1ccc(/C=N\NC(=O)c2ccc([N+](=O)[O-])cc2)cc1OC. The predicted octanol–water partition coefficient (Wildman–Crippen LogP) is 3.94. The Morgan fingerprint density at radius 1 is 1.18 bits per heavy atom. The van der Waals surface area contributed by atoms with Crippen molar-refractivity contribution in [2.24, 2.45) is 5.10 Å². The number of carbonyl (C=O) groups excluding carboxylic acids is 1. The van der Waals surface area contributed by atoms with E-state index in [1.807, 2.05) is 0 Å². The molecule has 0 bridgehead atoms. The monoisotopic (exact) mass is 385 g/mol. The second-order valence-corrected chi connectivity index (χ2v) is 5.97. The minimum Gasteiger partial charge on any atom is -0.493 e. The summed E-state index contributed by atoms with van der Waals surface area (Å²) in [7, 11) is 1.56. The van der Waals surface area contributed by atoms with Crippen molar-refractivity contribution in [3.63, 3.8) is 0 Å². The first-order valence-corrected chi connectivity index (χ1v) is 8.94. The number of nitrogens with zero attached hydrogens (tertiary/aromatic N) is 2. The first-order valence-electron chi connectivity index (χ1n) is 8.94. The summed E-state index contributed by atoms with van der Waals surface area (Å²) in [6.45, 7) is 2.76. The lowest BCUT2D eigenvalue weighted by molar-refractivity contribution is -0.384. The van der Waals surface area contributed by atoms with Crippen molar-refractivity contribution in [1.82, 2.24) is 5.43 Å². The average molecular weight is 385 g/mol. The molecule has 0 spiro atoms. The first kappa shape index (κ1) is 20.9. The van der Waals surface area contributed by atoms with Crippen molar-refractivity contribution in [2.75, 3.05) is 13.7 Å². The molecule has 8 heteroatoms. The minimum atomic E-state index is -0.523. The van der Waals surface area contributed by atoms with E-state index in [9.17, 15) is 14.9 Å². The quantitative estimate of drug-likeness (QED) is 0.289. The van der Waals surface area contributed by atoms with Crippen molar-refractivity contribution in [3.05, 3.63) is 63.7 Å². The fourth-order valence-corrected chi connectivity index (χ4v) is 2.38. The summed E-state index contributed by atoms with van der Waals surface area (Å²) < 4.78 is 11.1. The topological polar surface area (TPSA) is 103 Å². The van der Waals surface area contributed by atoms with Crippen LogP contribution in [0.25, 0.3) is 0 Å². The van der Waals surface area contributed by atoms with E-state index in [4.69, 9.17) is 9.47 Å². The fourth-order valence-electron chi connectivity index (χ4n) is 2.38. The summed E-state index contributed by atoms with van der Waals surface area (Å²) in [5.41, 5.74) is 3.30. The molecule has 0 aromatic heterocycles. The third-order valence-corrected chi connectivity index (χ3v) is 3.91. The van der Waals surface area contributed by atoms with Crippen molar-refractivity contribution < 1.29 is 19.2 Å². The molecule has 1 N–H and O–H groups in total. The van der Waals surface area contributed by atoms with E-state index in [0.717, 1.165) is 24.8 Å². The van der Waals surface area contributed by atoms with Crippen LogP contribution in [-0.4, -0.2) is 30.8 Å². The minimum absolute atomic E-state index is 0.0795. The number of non-ortho nitro benzene ring substituents is 1. The van der Waals surface area contributed by atoms with Gasteiger partial charge in [0.2, 0.25) is 0 Å². The number of ether oxygens (including phenoxy) is 2. The van der Waals surface area contributed by atoms with Crippen LogP contribution in [0.4, 0.5) is 5.69 Å². The van der Waals surface area contributed by atoms with Gasteiger partial charge < -0.3 is 9.47 Å². The molecule has 0 aliphatic rings. The van der Waals surface area contributed by atoms with Crippen LogP contribution in [-0.2, 0) is 0 Å². The molecule has 0 radical (unpaired) electrons. The molecule has 2 aromatic rings. The normalized spacial score (nSPS) is 10.6. The molecule has 0 aliphatic heterocycles. The number of amides is 1. The van der Waals surface area contributed by atoms with Crippen molar-refractivity contribution in [1.29, 1.82) is 0 Å². The van der Waals surface area contributed by atoms with E-state index in [1.165, 1.54) is 30.5 Å². The Hall–Kier alpha value is -3.42. The maximum absolute atomic E-state index is 12.0. The average Bonchev–Trinajstić information content (AvgIpc) is 2.71. The lowest BCUT2D eigenvalue weighted by Crippen LogP contribution is -2.17. The Labute approximate surface area is 163 Å². The highest BCUT2D eigenvalue weighted by Gasteiger charge is 2.09. The summed E-state index contributed by atoms with van der Waals surface area (Å²) in [5.74, 6) is 0.779. The summed E-state index contributed by atoms with van der Waals surface area (Å²) in [6, 6.07) is 10.6. The number of carbonyl (C=O) groups is 1. The molecule has 0 unspecified atom stereocenters. The van der Waals surface area contributed by atoms with Crippen molar-refractivity contribution >= 4 is 17.8 Å². The van der Waals surface area contributed by atoms with Crippen LogP contribution in [0.3, 0.4) is 0 Å². The van der Waals surface area contributed by atoms with E-state index < -0.39 is 10.8 Å². The second-order valence-electron chi connectivity index (χ2n) is 5.97. The predicted molar refractivity (Wildman–Crippen MR) is 106 cm³/mol. The Bertz CT molecular complexity index is 834. The number of nitro groups is 1. The Morgan fingerprint density at radius 2 is 1.93 bits per heavy atom. The van der Waals surface area contributed by atoms with Crippen molar-refractivity contribution in [2.45, 2.75) is 26.2 Å². The smallest absolute Gasteiger partial charge is 0.271 e. The molecular weight excluding hydrogens is 362 g/mol. The van der Waals surface area contributed by atoms with E-state index in [-0.39, 0.29) is 11.3 Å². The van der Waals surface area contributed by atoms with Gasteiger partial charge >= 0.3 is 0 Å². The Kier molecular flexibility index (Phi) is 7.95. The highest BCUT2D eigenvalue weighted by Crippen LogP contribution is 2.27. The zero-order valence-electron chi connectivity index (χ0n) is 15.9. The van der Waals surface area contributed by atoms with Crippen LogP contribution in [0.15, 0.2) is 47.6 Å². The van der Waals surface area contributed by atoms with Gasteiger partial charge in [-0.15, -0.1) is 0 Å². The molecule has 1 amide bonds. The standard InChI is InChI=1S/C20H23N3O5/c1-3-4-5-12-28-18-11-6-15(13-19(18)27-2)14-21-22-20(24)16-7-9-17(10-8-16)23(25)26/h6-11,13-14H,3-5,12H2,1-2H3,(H,22,24)/b21-14-.